The first kappa shape index (κ1) is 13.0. The van der Waals surface area contributed by atoms with Gasteiger partial charge >= 0.3 is 6.18 Å². The first-order valence-electron chi connectivity index (χ1n) is 4.98. The molecule has 0 amide bonds. The summed E-state index contributed by atoms with van der Waals surface area (Å²) in [6.07, 6.45) is -5.38. The van der Waals surface area contributed by atoms with Gasteiger partial charge in [0, 0.05) is 11.6 Å². The first-order chi connectivity index (χ1) is 7.44. The highest BCUT2D eigenvalue weighted by Gasteiger charge is 2.33. The van der Waals surface area contributed by atoms with Crippen LogP contribution in [0.15, 0.2) is 24.3 Å². The van der Waals surface area contributed by atoms with Gasteiger partial charge < -0.3 is 5.32 Å². The van der Waals surface area contributed by atoms with Crippen molar-refractivity contribution in [3.05, 3.63) is 35.6 Å². The number of alkyl halides is 3. The summed E-state index contributed by atoms with van der Waals surface area (Å²) in [5, 5.41) is 2.64. The number of halogens is 4. The van der Waals surface area contributed by atoms with Gasteiger partial charge in [-0.1, -0.05) is 25.1 Å². The molecule has 0 aliphatic heterocycles. The van der Waals surface area contributed by atoms with Crippen LogP contribution in [0.1, 0.15) is 24.9 Å². The van der Waals surface area contributed by atoms with Gasteiger partial charge in [-0.25, -0.2) is 4.39 Å². The molecule has 0 aromatic heterocycles. The summed E-state index contributed by atoms with van der Waals surface area (Å²) in [5.74, 6) is -0.613. The Bertz CT molecular complexity index is 335. The maximum atomic E-state index is 13.3. The quantitative estimate of drug-likeness (QED) is 0.788. The minimum atomic E-state index is -4.31. The predicted octanol–water partition coefficient (Wildman–Crippen LogP) is 3.43. The Kier molecular flexibility index (Phi) is 4.29. The number of benzene rings is 1. The number of rotatable bonds is 4. The summed E-state index contributed by atoms with van der Waals surface area (Å²) in [5.41, 5.74) is 0.0571. The molecule has 0 saturated carbocycles. The third kappa shape index (κ3) is 3.81. The summed E-state index contributed by atoms with van der Waals surface area (Å²) >= 11 is 0. The number of hydrogen-bond donors (Lipinski definition) is 1. The molecule has 90 valence electrons. The second kappa shape index (κ2) is 5.30. The molecule has 0 bridgehead atoms. The summed E-state index contributed by atoms with van der Waals surface area (Å²) in [6.45, 7) is 2.04. The van der Waals surface area contributed by atoms with Crippen molar-refractivity contribution in [2.75, 3.05) is 6.54 Å². The standard InChI is InChI=1S/C11H13F4N/c1-2-16-10(7-11(13,14)15)8-5-3-4-6-9(8)12/h3-6,10,16H,2,7H2,1H3. The lowest BCUT2D eigenvalue weighted by atomic mass is 10.0. The van der Waals surface area contributed by atoms with Crippen molar-refractivity contribution in [1.29, 1.82) is 0 Å². The SMILES string of the molecule is CCNC(CC(F)(F)F)c1ccccc1F. The molecule has 0 radical (unpaired) electrons. The Morgan fingerprint density at radius 2 is 1.88 bits per heavy atom. The van der Waals surface area contributed by atoms with Gasteiger partial charge in [-0.3, -0.25) is 0 Å². The van der Waals surface area contributed by atoms with Crippen molar-refractivity contribution in [1.82, 2.24) is 5.32 Å². The van der Waals surface area contributed by atoms with E-state index in [1.54, 1.807) is 6.92 Å². The average molecular weight is 235 g/mol. The maximum Gasteiger partial charge on any atom is 0.390 e. The molecule has 0 aliphatic rings. The maximum absolute atomic E-state index is 13.3. The van der Waals surface area contributed by atoms with Crippen LogP contribution < -0.4 is 5.32 Å². The molecular formula is C11H13F4N. The van der Waals surface area contributed by atoms with Crippen molar-refractivity contribution >= 4 is 0 Å². The number of hydrogen-bond acceptors (Lipinski definition) is 1. The van der Waals surface area contributed by atoms with E-state index in [0.29, 0.717) is 6.54 Å². The van der Waals surface area contributed by atoms with E-state index in [9.17, 15) is 17.6 Å². The smallest absolute Gasteiger partial charge is 0.310 e. The topological polar surface area (TPSA) is 12.0 Å². The van der Waals surface area contributed by atoms with E-state index in [2.05, 4.69) is 5.32 Å². The lowest BCUT2D eigenvalue weighted by molar-refractivity contribution is -0.140. The van der Waals surface area contributed by atoms with Gasteiger partial charge in [-0.05, 0) is 12.6 Å². The van der Waals surface area contributed by atoms with E-state index >= 15 is 0 Å². The molecule has 1 aromatic carbocycles. The molecule has 5 heteroatoms. The van der Waals surface area contributed by atoms with Crippen molar-refractivity contribution in [3.8, 4) is 0 Å². The molecule has 16 heavy (non-hydrogen) atoms. The van der Waals surface area contributed by atoms with E-state index in [-0.39, 0.29) is 5.56 Å². The third-order valence-corrected chi connectivity index (χ3v) is 2.17. The second-order valence-corrected chi connectivity index (χ2v) is 3.45. The normalized spacial score (nSPS) is 13.8. The molecule has 0 spiro atoms. The van der Waals surface area contributed by atoms with Crippen molar-refractivity contribution in [2.45, 2.75) is 25.6 Å². The van der Waals surface area contributed by atoms with Crippen molar-refractivity contribution in [3.63, 3.8) is 0 Å². The first-order valence-corrected chi connectivity index (χ1v) is 4.98. The number of nitrogens with one attached hydrogen (secondary N) is 1. The van der Waals surface area contributed by atoms with Gasteiger partial charge in [0.15, 0.2) is 0 Å². The van der Waals surface area contributed by atoms with E-state index in [0.717, 1.165) is 6.07 Å². The second-order valence-electron chi connectivity index (χ2n) is 3.45. The van der Waals surface area contributed by atoms with E-state index < -0.39 is 24.5 Å². The molecule has 1 atom stereocenters. The summed E-state index contributed by atoms with van der Waals surface area (Å²) in [6, 6.07) is 4.49. The fourth-order valence-corrected chi connectivity index (χ4v) is 1.53. The van der Waals surface area contributed by atoms with Crippen LogP contribution in [0.2, 0.25) is 0 Å². The van der Waals surface area contributed by atoms with Crippen LogP contribution in [0.25, 0.3) is 0 Å². The Morgan fingerprint density at radius 1 is 1.25 bits per heavy atom. The van der Waals surface area contributed by atoms with Crippen LogP contribution in [-0.4, -0.2) is 12.7 Å². The van der Waals surface area contributed by atoms with Gasteiger partial charge in [0.1, 0.15) is 5.82 Å². The Balaban J connectivity index is 2.89. The zero-order valence-corrected chi connectivity index (χ0v) is 8.81. The zero-order valence-electron chi connectivity index (χ0n) is 8.81. The minimum Gasteiger partial charge on any atom is -0.310 e. The highest BCUT2D eigenvalue weighted by Crippen LogP contribution is 2.30. The fraction of sp³-hybridized carbons (Fsp3) is 0.455. The van der Waals surface area contributed by atoms with Gasteiger partial charge in [0.05, 0.1) is 6.42 Å². The highest BCUT2D eigenvalue weighted by molar-refractivity contribution is 5.21. The largest absolute Gasteiger partial charge is 0.390 e. The molecular weight excluding hydrogens is 222 g/mol. The van der Waals surface area contributed by atoms with E-state index in [1.807, 2.05) is 0 Å². The third-order valence-electron chi connectivity index (χ3n) is 2.17. The molecule has 0 aliphatic carbocycles. The zero-order chi connectivity index (χ0) is 12.2. The molecule has 1 nitrogen and oxygen atoms in total. The molecule has 1 N–H and O–H groups in total. The van der Waals surface area contributed by atoms with Gasteiger partial charge in [0.2, 0.25) is 0 Å². The Labute approximate surface area is 91.5 Å². The predicted molar refractivity (Wildman–Crippen MR) is 53.5 cm³/mol. The van der Waals surface area contributed by atoms with Crippen LogP contribution >= 0.6 is 0 Å². The van der Waals surface area contributed by atoms with Crippen LogP contribution in [0.3, 0.4) is 0 Å². The Morgan fingerprint density at radius 3 is 2.38 bits per heavy atom. The molecule has 0 heterocycles. The van der Waals surface area contributed by atoms with Gasteiger partial charge in [-0.15, -0.1) is 0 Å². The lowest BCUT2D eigenvalue weighted by Gasteiger charge is -2.20. The summed E-state index contributed by atoms with van der Waals surface area (Å²) < 4.78 is 50.2. The van der Waals surface area contributed by atoms with Crippen LogP contribution in [-0.2, 0) is 0 Å². The van der Waals surface area contributed by atoms with E-state index in [1.165, 1.54) is 18.2 Å². The fourth-order valence-electron chi connectivity index (χ4n) is 1.53. The van der Waals surface area contributed by atoms with Crippen LogP contribution in [0.5, 0.6) is 0 Å². The summed E-state index contributed by atoms with van der Waals surface area (Å²) in [4.78, 5) is 0. The van der Waals surface area contributed by atoms with E-state index in [4.69, 9.17) is 0 Å². The minimum absolute atomic E-state index is 0.0571. The van der Waals surface area contributed by atoms with Gasteiger partial charge in [-0.2, -0.15) is 13.2 Å². The molecule has 0 fully saturated rings. The van der Waals surface area contributed by atoms with Crippen LogP contribution in [0.4, 0.5) is 17.6 Å². The van der Waals surface area contributed by atoms with Crippen molar-refractivity contribution < 1.29 is 17.6 Å². The monoisotopic (exact) mass is 235 g/mol. The van der Waals surface area contributed by atoms with Crippen LogP contribution in [0, 0.1) is 5.82 Å². The summed E-state index contributed by atoms with van der Waals surface area (Å²) in [7, 11) is 0. The lowest BCUT2D eigenvalue weighted by Crippen LogP contribution is -2.27. The average Bonchev–Trinajstić information content (AvgIpc) is 2.16. The molecule has 1 unspecified atom stereocenters. The molecule has 0 saturated heterocycles. The van der Waals surface area contributed by atoms with Gasteiger partial charge in [0.25, 0.3) is 0 Å². The highest BCUT2D eigenvalue weighted by atomic mass is 19.4. The van der Waals surface area contributed by atoms with Crippen molar-refractivity contribution in [2.24, 2.45) is 0 Å². The molecule has 1 rings (SSSR count). The Hall–Kier alpha value is -1.10. The molecule has 1 aromatic rings.